The van der Waals surface area contributed by atoms with E-state index in [4.69, 9.17) is 4.74 Å². The summed E-state index contributed by atoms with van der Waals surface area (Å²) in [5.41, 5.74) is 1.05. The maximum Gasteiger partial charge on any atom is 0.418 e. The van der Waals surface area contributed by atoms with Crippen LogP contribution in [-0.2, 0) is 20.6 Å². The molecule has 4 aromatic rings. The number of nitrogens with zero attached hydrogens (tertiary/aromatic N) is 1. The number of carbonyl (C=O) groups is 3. The van der Waals surface area contributed by atoms with Crippen LogP contribution in [0.2, 0.25) is 0 Å². The van der Waals surface area contributed by atoms with Crippen LogP contribution >= 0.6 is 23.1 Å². The number of rotatable bonds is 6. The number of aromatic nitrogens is 1. The fourth-order valence-electron chi connectivity index (χ4n) is 8.40. The van der Waals surface area contributed by atoms with Gasteiger partial charge in [0.05, 0.1) is 28.1 Å². The molecule has 6 unspecified atom stereocenters. The molecule has 0 radical (unpaired) electrons. The second-order valence-corrected chi connectivity index (χ2v) is 15.0. The van der Waals surface area contributed by atoms with Crippen LogP contribution in [0.1, 0.15) is 33.9 Å². The zero-order valence-corrected chi connectivity index (χ0v) is 27.0. The predicted molar refractivity (Wildman–Crippen MR) is 174 cm³/mol. The molecule has 13 heteroatoms. The Morgan fingerprint density at radius 2 is 1.73 bits per heavy atom. The molecule has 3 amide bonds. The molecule has 2 bridgehead atoms. The van der Waals surface area contributed by atoms with E-state index >= 15 is 0 Å². The minimum atomic E-state index is -4.74. The quantitative estimate of drug-likeness (QED) is 0.225. The van der Waals surface area contributed by atoms with Crippen LogP contribution in [0.25, 0.3) is 0 Å². The standard InChI is InChI=1S/C35H28F3N3O5S2/c1-16-6-4-8-18(12-16)39-24(42)15-46-19-9-5-7-17(13-19)25-26-20-14-21(29(26)47-31-30(25)48-34(45)40-31)28-27(20)32(43)41(33(28)44)23-11-3-2-10-22(23)35(36,37)38/h2-13,20-21,25-29H,14-15H2,1H3,(H,39,42)(H,40,45)/t20?,21?,25-,26?,27?,28?,29?/m1/s1. The zero-order valence-electron chi connectivity index (χ0n) is 25.3. The number of carbonyl (C=O) groups excluding carboxylic acids is 3. The van der Waals surface area contributed by atoms with Crippen LogP contribution in [0.5, 0.6) is 5.75 Å². The first-order valence-electron chi connectivity index (χ1n) is 15.5. The number of hydrogen-bond acceptors (Lipinski definition) is 7. The third-order valence-electron chi connectivity index (χ3n) is 10.1. The van der Waals surface area contributed by atoms with Crippen LogP contribution in [0.3, 0.4) is 0 Å². The molecule has 4 aliphatic rings. The number of aryl methyl sites for hydroxylation is 1. The number of hydrogen-bond donors (Lipinski definition) is 2. The SMILES string of the molecule is Cc1cccc(NC(=O)COc2cccc([C@H]3c4sc(=O)[nH]c4SC4C5CC(C6C(=O)N(c7ccccc7C(F)(F)F)C(=O)C56)C43)c2)c1. The number of ether oxygens (including phenoxy) is 1. The normalized spacial score (nSPS) is 27.1. The molecule has 2 saturated carbocycles. The van der Waals surface area contributed by atoms with E-state index in [-0.39, 0.29) is 46.3 Å². The van der Waals surface area contributed by atoms with Gasteiger partial charge < -0.3 is 15.0 Å². The largest absolute Gasteiger partial charge is 0.484 e. The van der Waals surface area contributed by atoms with Gasteiger partial charge in [0.15, 0.2) is 6.61 Å². The molecule has 2 aliphatic heterocycles. The second-order valence-electron chi connectivity index (χ2n) is 12.8. The number of para-hydroxylation sites is 1. The molecule has 1 aromatic heterocycles. The average molecular weight is 692 g/mol. The van der Waals surface area contributed by atoms with Gasteiger partial charge in [0.2, 0.25) is 11.8 Å². The second kappa shape index (κ2) is 11.4. The first-order chi connectivity index (χ1) is 23.0. The molecular weight excluding hydrogens is 664 g/mol. The van der Waals surface area contributed by atoms with Crippen molar-refractivity contribution in [1.29, 1.82) is 0 Å². The number of benzene rings is 3. The molecule has 2 aliphatic carbocycles. The van der Waals surface area contributed by atoms with Gasteiger partial charge >= 0.3 is 11.0 Å². The number of thiazole rings is 1. The Balaban J connectivity index is 1.10. The summed E-state index contributed by atoms with van der Waals surface area (Å²) in [7, 11) is 0. The van der Waals surface area contributed by atoms with Crippen molar-refractivity contribution in [2.24, 2.45) is 29.6 Å². The number of imide groups is 1. The molecule has 246 valence electrons. The minimum absolute atomic E-state index is 0.141. The van der Waals surface area contributed by atoms with Crippen molar-refractivity contribution in [3.8, 4) is 5.75 Å². The molecule has 8 nitrogen and oxygen atoms in total. The third kappa shape index (κ3) is 4.97. The van der Waals surface area contributed by atoms with Crippen LogP contribution < -0.4 is 19.8 Å². The van der Waals surface area contributed by atoms with E-state index in [0.717, 1.165) is 38.3 Å². The number of alkyl halides is 3. The van der Waals surface area contributed by atoms with Gasteiger partial charge in [-0.25, -0.2) is 4.90 Å². The molecule has 3 heterocycles. The van der Waals surface area contributed by atoms with Gasteiger partial charge in [0, 0.05) is 21.7 Å². The molecule has 0 spiro atoms. The maximum absolute atomic E-state index is 14.0. The predicted octanol–water partition coefficient (Wildman–Crippen LogP) is 6.46. The van der Waals surface area contributed by atoms with Crippen LogP contribution in [0.15, 0.2) is 82.6 Å². The van der Waals surface area contributed by atoms with E-state index in [2.05, 4.69) is 10.3 Å². The van der Waals surface area contributed by atoms with E-state index in [1.165, 1.54) is 30.0 Å². The number of halogens is 3. The minimum Gasteiger partial charge on any atom is -0.484 e. The van der Waals surface area contributed by atoms with E-state index in [0.29, 0.717) is 22.9 Å². The summed E-state index contributed by atoms with van der Waals surface area (Å²) >= 11 is 2.60. The first-order valence-corrected chi connectivity index (χ1v) is 17.2. The lowest BCUT2D eigenvalue weighted by molar-refractivity contribution is -0.137. The molecule has 8 rings (SSSR count). The van der Waals surface area contributed by atoms with Gasteiger partial charge in [0.1, 0.15) is 5.75 Å². The van der Waals surface area contributed by atoms with Crippen molar-refractivity contribution >= 4 is 52.2 Å². The smallest absolute Gasteiger partial charge is 0.418 e. The van der Waals surface area contributed by atoms with Gasteiger partial charge in [-0.1, -0.05) is 47.7 Å². The molecule has 1 saturated heterocycles. The van der Waals surface area contributed by atoms with Crippen molar-refractivity contribution < 1.29 is 32.3 Å². The molecular formula is C35H28F3N3O5S2. The summed E-state index contributed by atoms with van der Waals surface area (Å²) in [4.78, 5) is 57.5. The Morgan fingerprint density at radius 1 is 0.979 bits per heavy atom. The van der Waals surface area contributed by atoms with E-state index in [1.54, 1.807) is 12.1 Å². The van der Waals surface area contributed by atoms with Crippen molar-refractivity contribution in [1.82, 2.24) is 4.98 Å². The zero-order chi connectivity index (χ0) is 33.5. The van der Waals surface area contributed by atoms with Gasteiger partial charge in [-0.3, -0.25) is 19.2 Å². The van der Waals surface area contributed by atoms with E-state index < -0.39 is 41.1 Å². The lowest BCUT2D eigenvalue weighted by Crippen LogP contribution is -2.42. The van der Waals surface area contributed by atoms with Gasteiger partial charge in [0.25, 0.3) is 5.91 Å². The average Bonchev–Trinajstić information content (AvgIpc) is 3.78. The summed E-state index contributed by atoms with van der Waals surface area (Å²) in [5.74, 6) is -3.56. The summed E-state index contributed by atoms with van der Waals surface area (Å²) in [6.07, 6.45) is -4.15. The molecule has 7 atom stereocenters. The highest BCUT2D eigenvalue weighted by atomic mass is 32.2. The van der Waals surface area contributed by atoms with E-state index in [9.17, 15) is 32.3 Å². The maximum atomic E-state index is 14.0. The highest BCUT2D eigenvalue weighted by Crippen LogP contribution is 2.69. The van der Waals surface area contributed by atoms with Gasteiger partial charge in [-0.15, -0.1) is 11.8 Å². The van der Waals surface area contributed by atoms with Crippen molar-refractivity contribution in [3.63, 3.8) is 0 Å². The number of anilines is 2. The lowest BCUT2D eigenvalue weighted by Gasteiger charge is -2.43. The number of fused-ring (bicyclic) bond motifs is 9. The topological polar surface area (TPSA) is 109 Å². The van der Waals surface area contributed by atoms with Crippen LogP contribution in [-0.4, -0.2) is 34.6 Å². The summed E-state index contributed by atoms with van der Waals surface area (Å²) in [5, 5.41) is 3.39. The lowest BCUT2D eigenvalue weighted by atomic mass is 9.68. The van der Waals surface area contributed by atoms with E-state index in [1.807, 2.05) is 43.3 Å². The Labute approximate surface area is 280 Å². The molecule has 48 heavy (non-hydrogen) atoms. The fraction of sp³-hybridized carbons (Fsp3) is 0.314. The monoisotopic (exact) mass is 691 g/mol. The van der Waals surface area contributed by atoms with Gasteiger partial charge in [-0.05, 0) is 78.6 Å². The molecule has 3 fully saturated rings. The van der Waals surface area contributed by atoms with Crippen LogP contribution in [0, 0.1) is 36.5 Å². The van der Waals surface area contributed by atoms with Gasteiger partial charge in [-0.2, -0.15) is 13.2 Å². The number of thioether (sulfide) groups is 1. The van der Waals surface area contributed by atoms with Crippen molar-refractivity contribution in [3.05, 3.63) is 104 Å². The summed E-state index contributed by atoms with van der Waals surface area (Å²) in [6.45, 7) is 1.70. The highest BCUT2D eigenvalue weighted by molar-refractivity contribution is 8.00. The molecule has 2 N–H and O–H groups in total. The Kier molecular flexibility index (Phi) is 7.33. The number of nitrogens with one attached hydrogen (secondary N) is 2. The fourth-order valence-corrected chi connectivity index (χ4v) is 11.3. The summed E-state index contributed by atoms with van der Waals surface area (Å²) in [6, 6.07) is 19.4. The molecule has 3 aromatic carbocycles. The van der Waals surface area contributed by atoms with Crippen molar-refractivity contribution in [2.75, 3.05) is 16.8 Å². The number of H-pyrrole nitrogens is 1. The summed E-state index contributed by atoms with van der Waals surface area (Å²) < 4.78 is 47.8. The Hall–Kier alpha value is -4.36. The third-order valence-corrected chi connectivity index (χ3v) is 12.7. The number of amides is 3. The first kappa shape index (κ1) is 30.9. The Morgan fingerprint density at radius 3 is 2.50 bits per heavy atom. The number of aromatic amines is 1. The Bertz CT molecular complexity index is 2040. The van der Waals surface area contributed by atoms with Crippen LogP contribution in [0.4, 0.5) is 24.5 Å². The highest BCUT2D eigenvalue weighted by Gasteiger charge is 2.70. The van der Waals surface area contributed by atoms with Crippen molar-refractivity contribution in [2.45, 2.75) is 35.7 Å².